The second kappa shape index (κ2) is 8.55. The molecular weight excluding hydrogens is 294 g/mol. The molecule has 6 heteroatoms. The molecule has 0 aromatic heterocycles. The average molecular weight is 314 g/mol. The topological polar surface area (TPSA) is 98.0 Å². The summed E-state index contributed by atoms with van der Waals surface area (Å²) in [5.74, 6) is 0.335. The molecule has 23 heavy (non-hydrogen) atoms. The highest BCUT2D eigenvalue weighted by atomic mass is 16.5. The molecule has 1 atom stereocenters. The van der Waals surface area contributed by atoms with Crippen LogP contribution in [-0.2, 0) is 4.79 Å². The molecule has 120 valence electrons. The smallest absolute Gasteiger partial charge is 0.319 e. The Balaban J connectivity index is 1.92. The predicted molar refractivity (Wildman–Crippen MR) is 85.6 cm³/mol. The molecule has 0 saturated heterocycles. The number of amides is 3. The van der Waals surface area contributed by atoms with Crippen LogP contribution >= 0.6 is 0 Å². The number of benzene rings is 2. The van der Waals surface area contributed by atoms with Crippen molar-refractivity contribution in [2.45, 2.75) is 6.04 Å². The standard InChI is InChI=1S/C17H19N3O3/c18-17(22)20-16(21)15(13-7-3-1-4-8-13)19-11-12-23-14-9-5-2-6-10-14/h1-10,15,19H,11-12H2,(H3,18,20,21,22)/p+1/t15-/m0/s1. The van der Waals surface area contributed by atoms with Crippen LogP contribution < -0.4 is 21.1 Å². The predicted octanol–water partition coefficient (Wildman–Crippen LogP) is 0.565. The van der Waals surface area contributed by atoms with Gasteiger partial charge >= 0.3 is 6.03 Å². The summed E-state index contributed by atoms with van der Waals surface area (Å²) in [6.45, 7) is 0.998. The molecule has 0 heterocycles. The normalized spacial score (nSPS) is 11.5. The van der Waals surface area contributed by atoms with Gasteiger partial charge in [-0.15, -0.1) is 0 Å². The molecule has 0 saturated carbocycles. The summed E-state index contributed by atoms with van der Waals surface area (Å²) >= 11 is 0. The SMILES string of the molecule is NC(=O)NC(=O)[C@@H]([NH2+]CCOc1ccccc1)c1ccccc1. The number of ether oxygens (including phenoxy) is 1. The molecule has 2 rings (SSSR count). The summed E-state index contributed by atoms with van der Waals surface area (Å²) in [6.07, 6.45) is 0. The minimum atomic E-state index is -0.857. The number of nitrogens with two attached hydrogens (primary N) is 2. The molecule has 6 nitrogen and oxygen atoms in total. The third-order valence-corrected chi connectivity index (χ3v) is 3.22. The molecule has 0 radical (unpaired) electrons. The quantitative estimate of drug-likeness (QED) is 0.651. The van der Waals surface area contributed by atoms with Crippen LogP contribution in [0.4, 0.5) is 4.79 Å². The van der Waals surface area contributed by atoms with Gasteiger partial charge in [0.2, 0.25) is 0 Å². The van der Waals surface area contributed by atoms with E-state index < -0.39 is 18.0 Å². The molecule has 0 spiro atoms. The van der Waals surface area contributed by atoms with Crippen LogP contribution in [0.1, 0.15) is 11.6 Å². The maximum Gasteiger partial charge on any atom is 0.319 e. The van der Waals surface area contributed by atoms with Gasteiger partial charge in [-0.25, -0.2) is 4.79 Å². The van der Waals surface area contributed by atoms with E-state index in [0.717, 1.165) is 11.3 Å². The van der Waals surface area contributed by atoms with Crippen molar-refractivity contribution in [1.82, 2.24) is 5.32 Å². The molecule has 0 bridgehead atoms. The molecule has 2 aromatic carbocycles. The van der Waals surface area contributed by atoms with Gasteiger partial charge in [0, 0.05) is 5.56 Å². The third kappa shape index (κ3) is 5.44. The Bertz CT molecular complexity index is 632. The summed E-state index contributed by atoms with van der Waals surface area (Å²) in [4.78, 5) is 23.0. The lowest BCUT2D eigenvalue weighted by Gasteiger charge is -2.15. The lowest BCUT2D eigenvalue weighted by atomic mass is 10.1. The van der Waals surface area contributed by atoms with Crippen LogP contribution in [0.15, 0.2) is 60.7 Å². The maximum atomic E-state index is 12.1. The molecule has 2 aromatic rings. The van der Waals surface area contributed by atoms with Gasteiger partial charge in [0.25, 0.3) is 5.91 Å². The number of hydrogen-bond donors (Lipinski definition) is 3. The molecule has 0 unspecified atom stereocenters. The van der Waals surface area contributed by atoms with E-state index in [1.807, 2.05) is 66.0 Å². The van der Waals surface area contributed by atoms with E-state index in [2.05, 4.69) is 5.32 Å². The second-order valence-corrected chi connectivity index (χ2v) is 4.93. The molecule has 0 fully saturated rings. The Morgan fingerprint density at radius 3 is 2.26 bits per heavy atom. The van der Waals surface area contributed by atoms with Gasteiger partial charge in [-0.1, -0.05) is 48.5 Å². The van der Waals surface area contributed by atoms with Crippen LogP contribution in [-0.4, -0.2) is 25.1 Å². The highest BCUT2D eigenvalue weighted by molar-refractivity contribution is 5.96. The highest BCUT2D eigenvalue weighted by Crippen LogP contribution is 2.09. The zero-order chi connectivity index (χ0) is 16.5. The second-order valence-electron chi connectivity index (χ2n) is 4.93. The number of primary amides is 1. The number of rotatable bonds is 7. The molecule has 5 N–H and O–H groups in total. The van der Waals surface area contributed by atoms with E-state index in [-0.39, 0.29) is 0 Å². The van der Waals surface area contributed by atoms with Crippen molar-refractivity contribution in [2.75, 3.05) is 13.2 Å². The van der Waals surface area contributed by atoms with Gasteiger partial charge in [0.05, 0.1) is 0 Å². The van der Waals surface area contributed by atoms with Gasteiger partial charge in [-0.3, -0.25) is 10.1 Å². The van der Waals surface area contributed by atoms with Crippen LogP contribution in [0.5, 0.6) is 5.75 Å². The lowest BCUT2D eigenvalue weighted by molar-refractivity contribution is -0.683. The summed E-state index contributed by atoms with van der Waals surface area (Å²) in [6, 6.07) is 17.3. The third-order valence-electron chi connectivity index (χ3n) is 3.22. The average Bonchev–Trinajstić information content (AvgIpc) is 2.56. The maximum absolute atomic E-state index is 12.1. The van der Waals surface area contributed by atoms with Gasteiger partial charge in [0.1, 0.15) is 18.9 Å². The number of carbonyl (C=O) groups excluding carboxylic acids is 2. The Morgan fingerprint density at radius 1 is 1.04 bits per heavy atom. The lowest BCUT2D eigenvalue weighted by Crippen LogP contribution is -2.88. The van der Waals surface area contributed by atoms with E-state index in [1.54, 1.807) is 0 Å². The fraction of sp³-hybridized carbons (Fsp3) is 0.176. The highest BCUT2D eigenvalue weighted by Gasteiger charge is 2.24. The Kier molecular flexibility index (Phi) is 6.14. The van der Waals surface area contributed by atoms with Crippen molar-refractivity contribution < 1.29 is 19.6 Å². The van der Waals surface area contributed by atoms with Crippen molar-refractivity contribution in [1.29, 1.82) is 0 Å². The molecule has 0 aliphatic rings. The Hall–Kier alpha value is -2.86. The number of para-hydroxylation sites is 1. The van der Waals surface area contributed by atoms with E-state index in [4.69, 9.17) is 10.5 Å². The van der Waals surface area contributed by atoms with Crippen molar-refractivity contribution in [3.05, 3.63) is 66.2 Å². The van der Waals surface area contributed by atoms with Crippen LogP contribution in [0.25, 0.3) is 0 Å². The van der Waals surface area contributed by atoms with E-state index in [1.165, 1.54) is 0 Å². The number of urea groups is 1. The van der Waals surface area contributed by atoms with Crippen molar-refractivity contribution in [3.63, 3.8) is 0 Å². The van der Waals surface area contributed by atoms with Gasteiger partial charge in [-0.05, 0) is 12.1 Å². The molecule has 0 aliphatic carbocycles. The zero-order valence-electron chi connectivity index (χ0n) is 12.6. The number of imide groups is 1. The summed E-state index contributed by atoms with van der Waals surface area (Å²) < 4.78 is 5.60. The summed E-state index contributed by atoms with van der Waals surface area (Å²) in [7, 11) is 0. The van der Waals surface area contributed by atoms with Gasteiger partial charge in [0.15, 0.2) is 6.04 Å². The first-order chi connectivity index (χ1) is 11.2. The van der Waals surface area contributed by atoms with Crippen LogP contribution in [0.2, 0.25) is 0 Å². The van der Waals surface area contributed by atoms with Gasteiger partial charge in [-0.2, -0.15) is 0 Å². The van der Waals surface area contributed by atoms with E-state index in [0.29, 0.717) is 13.2 Å². The van der Waals surface area contributed by atoms with Crippen molar-refractivity contribution in [2.24, 2.45) is 5.73 Å². The fourth-order valence-electron chi connectivity index (χ4n) is 2.18. The molecule has 0 aliphatic heterocycles. The molecular formula is C17H20N3O3+. The number of carbonyl (C=O) groups is 2. The van der Waals surface area contributed by atoms with Gasteiger partial charge < -0.3 is 15.8 Å². The monoisotopic (exact) mass is 314 g/mol. The van der Waals surface area contributed by atoms with E-state index in [9.17, 15) is 9.59 Å². The minimum Gasteiger partial charge on any atom is -0.488 e. The fourth-order valence-corrected chi connectivity index (χ4v) is 2.18. The summed E-state index contributed by atoms with van der Waals surface area (Å²) in [5.41, 5.74) is 5.83. The first-order valence-electron chi connectivity index (χ1n) is 7.33. The Labute approximate surface area is 134 Å². The first-order valence-corrected chi connectivity index (χ1v) is 7.33. The largest absolute Gasteiger partial charge is 0.488 e. The van der Waals surface area contributed by atoms with Crippen molar-refractivity contribution >= 4 is 11.9 Å². The van der Waals surface area contributed by atoms with Crippen LogP contribution in [0.3, 0.4) is 0 Å². The van der Waals surface area contributed by atoms with E-state index >= 15 is 0 Å². The van der Waals surface area contributed by atoms with Crippen LogP contribution in [0, 0.1) is 0 Å². The zero-order valence-corrected chi connectivity index (χ0v) is 12.6. The number of quaternary nitrogens is 1. The minimum absolute atomic E-state index is 0.441. The first kappa shape index (κ1) is 16.5. The molecule has 3 amide bonds. The Morgan fingerprint density at radius 2 is 1.65 bits per heavy atom. The number of hydrogen-bond acceptors (Lipinski definition) is 3. The van der Waals surface area contributed by atoms with Crippen molar-refractivity contribution in [3.8, 4) is 5.75 Å². The number of nitrogens with one attached hydrogen (secondary N) is 1. The summed E-state index contributed by atoms with van der Waals surface area (Å²) in [5, 5.41) is 3.94.